The molecule has 2 aromatic rings. The summed E-state index contributed by atoms with van der Waals surface area (Å²) in [7, 11) is 2.01. The Morgan fingerprint density at radius 1 is 1.05 bits per heavy atom. The minimum Gasteiger partial charge on any atom is -0.397 e. The number of rotatable bonds is 5. The predicted octanol–water partition coefficient (Wildman–Crippen LogP) is 4.64. The van der Waals surface area contributed by atoms with E-state index in [2.05, 4.69) is 29.2 Å². The average Bonchev–Trinajstić information content (AvgIpc) is 2.44. The zero-order valence-electron chi connectivity index (χ0n) is 11.4. The van der Waals surface area contributed by atoms with Gasteiger partial charge >= 0.3 is 0 Å². The van der Waals surface area contributed by atoms with Crippen LogP contribution in [0, 0.1) is 0 Å². The molecule has 2 nitrogen and oxygen atoms in total. The van der Waals surface area contributed by atoms with Gasteiger partial charge in [-0.1, -0.05) is 53.5 Å². The predicted molar refractivity (Wildman–Crippen MR) is 88.9 cm³/mol. The Morgan fingerprint density at radius 2 is 1.70 bits per heavy atom. The number of hydrogen-bond donors (Lipinski definition) is 1. The highest BCUT2D eigenvalue weighted by molar-refractivity contribution is 6.42. The van der Waals surface area contributed by atoms with Crippen molar-refractivity contribution in [1.29, 1.82) is 0 Å². The van der Waals surface area contributed by atoms with Gasteiger partial charge in [0.05, 0.1) is 21.4 Å². The topological polar surface area (TPSA) is 29.3 Å². The van der Waals surface area contributed by atoms with Gasteiger partial charge in [0.25, 0.3) is 0 Å². The maximum Gasteiger partial charge on any atom is 0.0614 e. The Labute approximate surface area is 130 Å². The molecule has 0 heterocycles. The second-order valence-electron chi connectivity index (χ2n) is 4.84. The molecule has 0 aliphatic heterocycles. The van der Waals surface area contributed by atoms with Gasteiger partial charge in [-0.3, -0.25) is 0 Å². The molecule has 0 spiro atoms. The monoisotopic (exact) mass is 308 g/mol. The summed E-state index contributed by atoms with van der Waals surface area (Å²) in [5.41, 5.74) is 8.92. The van der Waals surface area contributed by atoms with Gasteiger partial charge in [0.2, 0.25) is 0 Å². The Balaban J connectivity index is 1.95. The number of aryl methyl sites for hydroxylation is 1. The van der Waals surface area contributed by atoms with E-state index in [4.69, 9.17) is 28.9 Å². The maximum absolute atomic E-state index is 6.05. The summed E-state index contributed by atoms with van der Waals surface area (Å²) in [6.45, 7) is 0.914. The molecule has 0 aliphatic rings. The summed E-state index contributed by atoms with van der Waals surface area (Å²) in [5, 5.41) is 1.02. The Morgan fingerprint density at radius 3 is 2.40 bits per heavy atom. The first-order chi connectivity index (χ1) is 9.58. The lowest BCUT2D eigenvalue weighted by Crippen LogP contribution is -2.20. The molecule has 0 saturated carbocycles. The number of anilines is 2. The van der Waals surface area contributed by atoms with Gasteiger partial charge in [0, 0.05) is 13.6 Å². The molecular formula is C16H18Cl2N2. The van der Waals surface area contributed by atoms with E-state index in [0.717, 1.165) is 25.1 Å². The highest BCUT2D eigenvalue weighted by atomic mass is 35.5. The number of halogens is 2. The van der Waals surface area contributed by atoms with Gasteiger partial charge < -0.3 is 10.6 Å². The summed E-state index contributed by atoms with van der Waals surface area (Å²) in [5.74, 6) is 0. The third-order valence-corrected chi connectivity index (χ3v) is 4.00. The molecule has 2 rings (SSSR count). The Kier molecular flexibility index (Phi) is 5.16. The van der Waals surface area contributed by atoms with Crippen LogP contribution in [-0.2, 0) is 6.42 Å². The zero-order chi connectivity index (χ0) is 14.5. The van der Waals surface area contributed by atoms with Crippen LogP contribution in [0.1, 0.15) is 12.0 Å². The molecule has 0 radical (unpaired) electrons. The minimum absolute atomic E-state index is 0.491. The van der Waals surface area contributed by atoms with E-state index in [-0.39, 0.29) is 0 Å². The van der Waals surface area contributed by atoms with Crippen LogP contribution in [0.25, 0.3) is 0 Å². The average molecular weight is 309 g/mol. The molecule has 106 valence electrons. The second-order valence-corrected chi connectivity index (χ2v) is 5.65. The third-order valence-electron chi connectivity index (χ3n) is 3.28. The number of benzene rings is 2. The van der Waals surface area contributed by atoms with Crippen LogP contribution in [-0.4, -0.2) is 13.6 Å². The van der Waals surface area contributed by atoms with Crippen molar-refractivity contribution in [2.24, 2.45) is 0 Å². The Bertz CT molecular complexity index is 570. The van der Waals surface area contributed by atoms with Crippen LogP contribution < -0.4 is 10.6 Å². The fraction of sp³-hybridized carbons (Fsp3) is 0.250. The van der Waals surface area contributed by atoms with E-state index in [1.54, 1.807) is 6.07 Å². The van der Waals surface area contributed by atoms with E-state index >= 15 is 0 Å². The van der Waals surface area contributed by atoms with Crippen molar-refractivity contribution in [1.82, 2.24) is 0 Å². The molecule has 2 aromatic carbocycles. The fourth-order valence-corrected chi connectivity index (χ4v) is 2.50. The van der Waals surface area contributed by atoms with Crippen molar-refractivity contribution in [2.75, 3.05) is 24.2 Å². The SMILES string of the molecule is CN(CCCc1ccccc1)c1cc(Cl)c(Cl)cc1N. The van der Waals surface area contributed by atoms with Gasteiger partial charge in [0.1, 0.15) is 0 Å². The summed E-state index contributed by atoms with van der Waals surface area (Å²) in [6, 6.07) is 14.0. The maximum atomic E-state index is 6.05. The Hall–Kier alpha value is -1.38. The van der Waals surface area contributed by atoms with Crippen molar-refractivity contribution >= 4 is 34.6 Å². The number of nitrogens with two attached hydrogens (primary N) is 1. The lowest BCUT2D eigenvalue weighted by atomic mass is 10.1. The van der Waals surface area contributed by atoms with E-state index in [1.165, 1.54) is 5.56 Å². The van der Waals surface area contributed by atoms with Gasteiger partial charge in [-0.2, -0.15) is 0 Å². The molecule has 0 bridgehead atoms. The lowest BCUT2D eigenvalue weighted by molar-refractivity contribution is 0.786. The van der Waals surface area contributed by atoms with Crippen molar-refractivity contribution in [3.63, 3.8) is 0 Å². The third kappa shape index (κ3) is 3.81. The highest BCUT2D eigenvalue weighted by Crippen LogP contribution is 2.32. The molecule has 0 aliphatic carbocycles. The van der Waals surface area contributed by atoms with Crippen molar-refractivity contribution in [2.45, 2.75) is 12.8 Å². The first-order valence-corrected chi connectivity index (χ1v) is 7.33. The van der Waals surface area contributed by atoms with E-state index in [1.807, 2.05) is 19.2 Å². The second kappa shape index (κ2) is 6.87. The lowest BCUT2D eigenvalue weighted by Gasteiger charge is -2.21. The summed E-state index contributed by atoms with van der Waals surface area (Å²) >= 11 is 12.0. The van der Waals surface area contributed by atoms with Crippen molar-refractivity contribution in [3.05, 3.63) is 58.1 Å². The van der Waals surface area contributed by atoms with Gasteiger partial charge in [0.15, 0.2) is 0 Å². The molecule has 4 heteroatoms. The van der Waals surface area contributed by atoms with Gasteiger partial charge in [-0.25, -0.2) is 0 Å². The highest BCUT2D eigenvalue weighted by Gasteiger charge is 2.09. The van der Waals surface area contributed by atoms with Crippen molar-refractivity contribution < 1.29 is 0 Å². The standard InChI is InChI=1S/C16H18Cl2N2/c1-20(9-5-8-12-6-3-2-4-7-12)16-11-14(18)13(17)10-15(16)19/h2-4,6-7,10-11H,5,8-9,19H2,1H3. The largest absolute Gasteiger partial charge is 0.397 e. The molecule has 0 aromatic heterocycles. The number of nitrogens with zero attached hydrogens (tertiary/aromatic N) is 1. The van der Waals surface area contributed by atoms with E-state index in [9.17, 15) is 0 Å². The first-order valence-electron chi connectivity index (χ1n) is 6.57. The molecular weight excluding hydrogens is 291 g/mol. The smallest absolute Gasteiger partial charge is 0.0614 e. The summed E-state index contributed by atoms with van der Waals surface area (Å²) in [6.07, 6.45) is 2.10. The van der Waals surface area contributed by atoms with E-state index in [0.29, 0.717) is 15.7 Å². The van der Waals surface area contributed by atoms with Gasteiger partial charge in [-0.15, -0.1) is 0 Å². The summed E-state index contributed by atoms with van der Waals surface area (Å²) in [4.78, 5) is 2.11. The summed E-state index contributed by atoms with van der Waals surface area (Å²) < 4.78 is 0. The molecule has 0 saturated heterocycles. The molecule has 0 amide bonds. The van der Waals surface area contributed by atoms with E-state index < -0.39 is 0 Å². The number of nitrogen functional groups attached to an aromatic ring is 1. The quantitative estimate of drug-likeness (QED) is 0.815. The molecule has 0 unspecified atom stereocenters. The molecule has 0 fully saturated rings. The zero-order valence-corrected chi connectivity index (χ0v) is 13.0. The first kappa shape index (κ1) is 15.0. The van der Waals surface area contributed by atoms with Gasteiger partial charge in [-0.05, 0) is 30.5 Å². The van der Waals surface area contributed by atoms with Crippen LogP contribution in [0.2, 0.25) is 10.0 Å². The minimum atomic E-state index is 0.491. The fourth-order valence-electron chi connectivity index (χ4n) is 2.17. The molecule has 20 heavy (non-hydrogen) atoms. The normalized spacial score (nSPS) is 10.6. The molecule has 0 atom stereocenters. The number of hydrogen-bond acceptors (Lipinski definition) is 2. The molecule has 2 N–H and O–H groups in total. The van der Waals surface area contributed by atoms with Crippen LogP contribution in [0.3, 0.4) is 0 Å². The van der Waals surface area contributed by atoms with Crippen LogP contribution >= 0.6 is 23.2 Å². The van der Waals surface area contributed by atoms with Crippen LogP contribution in [0.15, 0.2) is 42.5 Å². The van der Waals surface area contributed by atoms with Crippen LogP contribution in [0.5, 0.6) is 0 Å². The van der Waals surface area contributed by atoms with Crippen molar-refractivity contribution in [3.8, 4) is 0 Å². The van der Waals surface area contributed by atoms with Crippen LogP contribution in [0.4, 0.5) is 11.4 Å².